The zero-order valence-electron chi connectivity index (χ0n) is 9.83. The minimum Gasteiger partial charge on any atom is -0.322 e. The van der Waals surface area contributed by atoms with E-state index in [1.165, 1.54) is 6.26 Å². The van der Waals surface area contributed by atoms with Crippen LogP contribution in [0.4, 0.5) is 0 Å². The molecule has 2 rings (SSSR count). The average molecular weight is 258 g/mol. The van der Waals surface area contributed by atoms with Crippen LogP contribution in [0.2, 0.25) is 0 Å². The van der Waals surface area contributed by atoms with Crippen molar-refractivity contribution in [2.75, 3.05) is 6.26 Å². The molecule has 0 spiro atoms. The third kappa shape index (κ3) is 2.84. The van der Waals surface area contributed by atoms with Crippen LogP contribution in [0.5, 0.6) is 0 Å². The first-order valence-corrected chi connectivity index (χ1v) is 7.74. The van der Waals surface area contributed by atoms with Crippen LogP contribution in [0, 0.1) is 5.92 Å². The molecule has 3 N–H and O–H groups in total. The first-order valence-electron chi connectivity index (χ1n) is 5.78. The van der Waals surface area contributed by atoms with Crippen LogP contribution >= 0.6 is 0 Å². The lowest BCUT2D eigenvalue weighted by atomic mass is 9.83. The number of sulfone groups is 1. The fourth-order valence-corrected chi connectivity index (χ4v) is 3.70. The van der Waals surface area contributed by atoms with Crippen molar-refractivity contribution in [3.63, 3.8) is 0 Å². The van der Waals surface area contributed by atoms with Crippen LogP contribution in [0.1, 0.15) is 37.4 Å². The fourth-order valence-electron chi connectivity index (χ4n) is 2.51. The molecule has 1 aromatic heterocycles. The third-order valence-electron chi connectivity index (χ3n) is 3.56. The van der Waals surface area contributed by atoms with Crippen LogP contribution in [-0.4, -0.2) is 35.3 Å². The van der Waals surface area contributed by atoms with Gasteiger partial charge in [0.15, 0.2) is 0 Å². The molecule has 0 amide bonds. The predicted molar refractivity (Wildman–Crippen MR) is 63.9 cm³/mol. The Labute approximate surface area is 101 Å². The Morgan fingerprint density at radius 3 is 2.88 bits per heavy atom. The number of rotatable bonds is 3. The molecule has 1 aliphatic carbocycles. The molecule has 1 saturated carbocycles. The molecule has 96 valence electrons. The number of H-pyrrole nitrogens is 1. The lowest BCUT2D eigenvalue weighted by molar-refractivity contribution is 0.305. The predicted octanol–water partition coefficient (Wildman–Crippen LogP) is 0.408. The standard InChI is InChI=1S/C10H18N4O2S/c1-17(15,16)8-4-2-3-7(5-8)10(11)9-6-12-14-13-9/h6-8,10H,2-5,11H2,1H3,(H,12,13,14). The Hall–Kier alpha value is -0.950. The summed E-state index contributed by atoms with van der Waals surface area (Å²) in [5.74, 6) is 0.175. The van der Waals surface area contributed by atoms with Gasteiger partial charge < -0.3 is 5.73 Å². The molecule has 3 atom stereocenters. The molecule has 1 aromatic rings. The first kappa shape index (κ1) is 12.5. The van der Waals surface area contributed by atoms with Gasteiger partial charge in [0.05, 0.1) is 23.2 Å². The van der Waals surface area contributed by atoms with E-state index in [0.717, 1.165) is 19.3 Å². The van der Waals surface area contributed by atoms with Gasteiger partial charge in [0.2, 0.25) is 0 Å². The first-order chi connectivity index (χ1) is 7.98. The molecule has 0 saturated heterocycles. The van der Waals surface area contributed by atoms with Gasteiger partial charge in [-0.1, -0.05) is 6.42 Å². The highest BCUT2D eigenvalue weighted by molar-refractivity contribution is 7.91. The van der Waals surface area contributed by atoms with Crippen LogP contribution < -0.4 is 5.73 Å². The van der Waals surface area contributed by atoms with Gasteiger partial charge in [0, 0.05) is 6.26 Å². The SMILES string of the molecule is CS(=O)(=O)C1CCCC(C(N)c2cn[nH]n2)C1. The van der Waals surface area contributed by atoms with Crippen molar-refractivity contribution in [3.8, 4) is 0 Å². The summed E-state index contributed by atoms with van der Waals surface area (Å²) in [5, 5.41) is 9.98. The van der Waals surface area contributed by atoms with Gasteiger partial charge in [-0.25, -0.2) is 8.42 Å². The molecular weight excluding hydrogens is 240 g/mol. The lowest BCUT2D eigenvalue weighted by Gasteiger charge is -2.31. The Morgan fingerprint density at radius 2 is 2.29 bits per heavy atom. The molecule has 0 radical (unpaired) electrons. The average Bonchev–Trinajstić information content (AvgIpc) is 2.80. The highest BCUT2D eigenvalue weighted by Crippen LogP contribution is 2.34. The largest absolute Gasteiger partial charge is 0.322 e. The summed E-state index contributed by atoms with van der Waals surface area (Å²) in [5.41, 5.74) is 6.81. The van der Waals surface area contributed by atoms with Crippen molar-refractivity contribution in [1.82, 2.24) is 15.4 Å². The summed E-state index contributed by atoms with van der Waals surface area (Å²) in [6, 6.07) is -0.224. The minimum atomic E-state index is -2.96. The van der Waals surface area contributed by atoms with E-state index >= 15 is 0 Å². The molecule has 1 heterocycles. The van der Waals surface area contributed by atoms with Gasteiger partial charge >= 0.3 is 0 Å². The van der Waals surface area contributed by atoms with E-state index in [2.05, 4.69) is 15.4 Å². The Balaban J connectivity index is 2.07. The van der Waals surface area contributed by atoms with Crippen molar-refractivity contribution < 1.29 is 8.42 Å². The molecule has 0 aromatic carbocycles. The van der Waals surface area contributed by atoms with E-state index in [0.29, 0.717) is 12.1 Å². The summed E-state index contributed by atoms with van der Waals surface area (Å²) < 4.78 is 23.1. The highest BCUT2D eigenvalue weighted by atomic mass is 32.2. The van der Waals surface area contributed by atoms with Crippen molar-refractivity contribution in [1.29, 1.82) is 0 Å². The molecule has 0 aliphatic heterocycles. The maximum absolute atomic E-state index is 11.6. The van der Waals surface area contributed by atoms with E-state index in [1.54, 1.807) is 6.20 Å². The quantitative estimate of drug-likeness (QED) is 0.817. The molecular formula is C10H18N4O2S. The fraction of sp³-hybridized carbons (Fsp3) is 0.800. The molecule has 3 unspecified atom stereocenters. The minimum absolute atomic E-state index is 0.175. The van der Waals surface area contributed by atoms with Gasteiger partial charge in [0.1, 0.15) is 9.84 Å². The zero-order valence-corrected chi connectivity index (χ0v) is 10.7. The van der Waals surface area contributed by atoms with E-state index in [-0.39, 0.29) is 17.2 Å². The molecule has 1 fully saturated rings. The van der Waals surface area contributed by atoms with Crippen molar-refractivity contribution in [2.24, 2.45) is 11.7 Å². The summed E-state index contributed by atoms with van der Waals surface area (Å²) >= 11 is 0. The van der Waals surface area contributed by atoms with Crippen LogP contribution in [0.25, 0.3) is 0 Å². The maximum atomic E-state index is 11.6. The lowest BCUT2D eigenvalue weighted by Crippen LogP contribution is -2.33. The number of aromatic nitrogens is 3. The number of aromatic amines is 1. The second-order valence-electron chi connectivity index (χ2n) is 4.80. The second-order valence-corrected chi connectivity index (χ2v) is 7.12. The third-order valence-corrected chi connectivity index (χ3v) is 5.19. The summed E-state index contributed by atoms with van der Waals surface area (Å²) in [4.78, 5) is 0. The monoisotopic (exact) mass is 258 g/mol. The van der Waals surface area contributed by atoms with Gasteiger partial charge in [-0.2, -0.15) is 15.4 Å². The van der Waals surface area contributed by atoms with Crippen LogP contribution in [-0.2, 0) is 9.84 Å². The number of hydrogen-bond donors (Lipinski definition) is 2. The highest BCUT2D eigenvalue weighted by Gasteiger charge is 2.32. The second kappa shape index (κ2) is 4.73. The maximum Gasteiger partial charge on any atom is 0.150 e. The van der Waals surface area contributed by atoms with Gasteiger partial charge in [-0.15, -0.1) is 0 Å². The molecule has 17 heavy (non-hydrogen) atoms. The normalized spacial score (nSPS) is 27.9. The number of nitrogens with zero attached hydrogens (tertiary/aromatic N) is 2. The van der Waals surface area contributed by atoms with Crippen molar-refractivity contribution in [2.45, 2.75) is 37.0 Å². The van der Waals surface area contributed by atoms with E-state index < -0.39 is 9.84 Å². The smallest absolute Gasteiger partial charge is 0.150 e. The number of hydrogen-bond acceptors (Lipinski definition) is 5. The van der Waals surface area contributed by atoms with Crippen molar-refractivity contribution >= 4 is 9.84 Å². The Morgan fingerprint density at radius 1 is 1.53 bits per heavy atom. The Kier molecular flexibility index (Phi) is 3.48. The van der Waals surface area contributed by atoms with Gasteiger partial charge in [-0.05, 0) is 25.2 Å². The van der Waals surface area contributed by atoms with Gasteiger partial charge in [0.25, 0.3) is 0 Å². The summed E-state index contributed by atoms with van der Waals surface area (Å²) in [6.45, 7) is 0. The summed E-state index contributed by atoms with van der Waals surface area (Å²) in [7, 11) is -2.96. The zero-order chi connectivity index (χ0) is 12.5. The van der Waals surface area contributed by atoms with Gasteiger partial charge in [-0.3, -0.25) is 0 Å². The Bertz CT molecular complexity index is 457. The summed E-state index contributed by atoms with van der Waals surface area (Å²) in [6.07, 6.45) is 6.16. The van der Waals surface area contributed by atoms with E-state index in [4.69, 9.17) is 5.73 Å². The molecule has 7 heteroatoms. The van der Waals surface area contributed by atoms with E-state index in [1.807, 2.05) is 0 Å². The van der Waals surface area contributed by atoms with Crippen LogP contribution in [0.3, 0.4) is 0 Å². The molecule has 1 aliphatic rings. The number of nitrogens with one attached hydrogen (secondary N) is 1. The molecule has 0 bridgehead atoms. The van der Waals surface area contributed by atoms with E-state index in [9.17, 15) is 8.42 Å². The van der Waals surface area contributed by atoms with Crippen molar-refractivity contribution in [3.05, 3.63) is 11.9 Å². The van der Waals surface area contributed by atoms with Crippen LogP contribution in [0.15, 0.2) is 6.20 Å². The number of nitrogens with two attached hydrogens (primary N) is 1. The molecule has 6 nitrogen and oxygen atoms in total. The topological polar surface area (TPSA) is 102 Å².